The molecule has 1 aliphatic rings. The summed E-state index contributed by atoms with van der Waals surface area (Å²) in [4.78, 5) is 14.2. The number of thiophene rings is 1. The average Bonchev–Trinajstić information content (AvgIpc) is 3.44. The summed E-state index contributed by atoms with van der Waals surface area (Å²) in [6, 6.07) is 16.9. The smallest absolute Gasteiger partial charge is 0.142 e. The number of anilines is 2. The first kappa shape index (κ1) is 22.2. The molecule has 1 unspecified atom stereocenters. The molecule has 0 saturated heterocycles. The first-order chi connectivity index (χ1) is 17.1. The van der Waals surface area contributed by atoms with Gasteiger partial charge in [-0.15, -0.1) is 11.3 Å². The van der Waals surface area contributed by atoms with Gasteiger partial charge in [-0.1, -0.05) is 30.3 Å². The Hall–Kier alpha value is -3.29. The van der Waals surface area contributed by atoms with Gasteiger partial charge in [-0.3, -0.25) is 4.68 Å². The van der Waals surface area contributed by atoms with Gasteiger partial charge in [0.15, 0.2) is 0 Å². The fourth-order valence-corrected chi connectivity index (χ4v) is 6.45. The maximum absolute atomic E-state index is 4.66. The Labute approximate surface area is 209 Å². The summed E-state index contributed by atoms with van der Waals surface area (Å²) in [7, 11) is 4.32. The van der Waals surface area contributed by atoms with Crippen LogP contribution in [0.1, 0.15) is 28.8 Å². The molecule has 3 aromatic heterocycles. The molecule has 0 radical (unpaired) electrons. The van der Waals surface area contributed by atoms with Crippen molar-refractivity contribution in [3.8, 4) is 0 Å². The number of fused-ring (bicyclic) bond motifs is 4. The Morgan fingerprint density at radius 2 is 2.00 bits per heavy atom. The third-order valence-electron chi connectivity index (χ3n) is 7.01. The Morgan fingerprint density at radius 1 is 1.11 bits per heavy atom. The Kier molecular flexibility index (Phi) is 5.96. The summed E-state index contributed by atoms with van der Waals surface area (Å²) < 4.78 is 2.05. The molecule has 0 aliphatic heterocycles. The standard InChI is InChI=1S/C28H30N6S/c1-33(2)13-12-19-8-10-23-25(14-19)35-28-26(23)27(29-18-30-28)32-22-9-11-24-21(15-22)16-31-34(24)17-20-6-4-3-5-7-20/h3-7,9,11,15-16,18-19H,8,10,12-14,17H2,1-2H3,(H,29,30,32). The van der Waals surface area contributed by atoms with Crippen molar-refractivity contribution in [3.63, 3.8) is 0 Å². The number of hydrogen-bond acceptors (Lipinski definition) is 6. The summed E-state index contributed by atoms with van der Waals surface area (Å²) in [5.41, 5.74) is 4.85. The molecule has 0 saturated carbocycles. The highest BCUT2D eigenvalue weighted by Crippen LogP contribution is 2.41. The van der Waals surface area contributed by atoms with Crippen molar-refractivity contribution in [2.75, 3.05) is 26.0 Å². The van der Waals surface area contributed by atoms with E-state index >= 15 is 0 Å². The lowest BCUT2D eigenvalue weighted by Gasteiger charge is -2.23. The van der Waals surface area contributed by atoms with Crippen LogP contribution in [0.2, 0.25) is 0 Å². The minimum Gasteiger partial charge on any atom is -0.340 e. The predicted octanol–water partition coefficient (Wildman–Crippen LogP) is 5.89. The molecule has 178 valence electrons. The third-order valence-corrected chi connectivity index (χ3v) is 8.17. The second-order valence-corrected chi connectivity index (χ2v) is 10.9. The Bertz CT molecular complexity index is 1470. The molecule has 0 spiro atoms. The van der Waals surface area contributed by atoms with Crippen molar-refractivity contribution in [2.24, 2.45) is 5.92 Å². The van der Waals surface area contributed by atoms with E-state index in [1.54, 1.807) is 6.33 Å². The molecule has 2 aromatic carbocycles. The quantitative estimate of drug-likeness (QED) is 0.313. The van der Waals surface area contributed by atoms with Crippen LogP contribution in [0, 0.1) is 5.92 Å². The van der Waals surface area contributed by atoms with Crippen LogP contribution in [0.15, 0.2) is 61.1 Å². The average molecular weight is 483 g/mol. The maximum Gasteiger partial charge on any atom is 0.142 e. The number of hydrogen-bond donors (Lipinski definition) is 1. The first-order valence-electron chi connectivity index (χ1n) is 12.3. The van der Waals surface area contributed by atoms with Gasteiger partial charge < -0.3 is 10.2 Å². The number of nitrogens with one attached hydrogen (secondary N) is 1. The highest BCUT2D eigenvalue weighted by atomic mass is 32.1. The van der Waals surface area contributed by atoms with E-state index < -0.39 is 0 Å². The van der Waals surface area contributed by atoms with Gasteiger partial charge in [-0.25, -0.2) is 9.97 Å². The lowest BCUT2D eigenvalue weighted by atomic mass is 9.86. The molecule has 1 aliphatic carbocycles. The number of aromatic nitrogens is 4. The fourth-order valence-electron chi connectivity index (χ4n) is 5.14. The van der Waals surface area contributed by atoms with Crippen molar-refractivity contribution >= 4 is 44.0 Å². The van der Waals surface area contributed by atoms with Crippen LogP contribution in [0.4, 0.5) is 11.5 Å². The molecule has 6 nitrogen and oxygen atoms in total. The molecule has 1 atom stereocenters. The van der Waals surface area contributed by atoms with Crippen LogP contribution < -0.4 is 5.32 Å². The number of benzene rings is 2. The van der Waals surface area contributed by atoms with E-state index in [0.717, 1.165) is 59.1 Å². The van der Waals surface area contributed by atoms with Crippen molar-refractivity contribution in [1.29, 1.82) is 0 Å². The van der Waals surface area contributed by atoms with Gasteiger partial charge >= 0.3 is 0 Å². The number of aryl methyl sites for hydroxylation is 1. The lowest BCUT2D eigenvalue weighted by Crippen LogP contribution is -2.20. The van der Waals surface area contributed by atoms with Gasteiger partial charge in [0.1, 0.15) is 17.0 Å². The largest absolute Gasteiger partial charge is 0.340 e. The zero-order chi connectivity index (χ0) is 23.8. The second kappa shape index (κ2) is 9.40. The molecular weight excluding hydrogens is 452 g/mol. The summed E-state index contributed by atoms with van der Waals surface area (Å²) in [5, 5.41) is 10.6. The van der Waals surface area contributed by atoms with E-state index in [1.807, 2.05) is 23.6 Å². The van der Waals surface area contributed by atoms with Crippen molar-refractivity contribution in [2.45, 2.75) is 32.2 Å². The lowest BCUT2D eigenvalue weighted by molar-refractivity contribution is 0.332. The van der Waals surface area contributed by atoms with Gasteiger partial charge in [0, 0.05) is 16.0 Å². The molecule has 35 heavy (non-hydrogen) atoms. The van der Waals surface area contributed by atoms with Gasteiger partial charge in [-0.05, 0) is 81.6 Å². The van der Waals surface area contributed by atoms with E-state index in [2.05, 4.69) is 86.5 Å². The van der Waals surface area contributed by atoms with Crippen molar-refractivity contribution < 1.29 is 0 Å². The van der Waals surface area contributed by atoms with Crippen LogP contribution in [0.3, 0.4) is 0 Å². The SMILES string of the molecule is CN(C)CCC1CCc2c(sc3ncnc(Nc4ccc5c(cnn5Cc5ccccc5)c4)c23)C1. The van der Waals surface area contributed by atoms with Gasteiger partial charge in [0.05, 0.1) is 23.6 Å². The van der Waals surface area contributed by atoms with E-state index in [0.29, 0.717) is 0 Å². The minimum absolute atomic E-state index is 0.761. The van der Waals surface area contributed by atoms with Crippen LogP contribution in [0.5, 0.6) is 0 Å². The number of rotatable bonds is 7. The van der Waals surface area contributed by atoms with E-state index in [9.17, 15) is 0 Å². The van der Waals surface area contributed by atoms with Gasteiger partial charge in [-0.2, -0.15) is 5.10 Å². The highest BCUT2D eigenvalue weighted by Gasteiger charge is 2.25. The summed E-state index contributed by atoms with van der Waals surface area (Å²) in [6.45, 7) is 1.92. The van der Waals surface area contributed by atoms with Crippen LogP contribution in [-0.4, -0.2) is 45.3 Å². The summed E-state index contributed by atoms with van der Waals surface area (Å²) >= 11 is 1.85. The van der Waals surface area contributed by atoms with Crippen LogP contribution in [0.25, 0.3) is 21.1 Å². The predicted molar refractivity (Wildman–Crippen MR) is 145 cm³/mol. The second-order valence-electron chi connectivity index (χ2n) is 9.79. The number of nitrogens with zero attached hydrogens (tertiary/aromatic N) is 5. The summed E-state index contributed by atoms with van der Waals surface area (Å²) in [5.74, 6) is 1.67. The molecular formula is C28H30N6S. The monoisotopic (exact) mass is 482 g/mol. The van der Waals surface area contributed by atoms with Crippen LogP contribution in [-0.2, 0) is 19.4 Å². The molecule has 5 aromatic rings. The summed E-state index contributed by atoms with van der Waals surface area (Å²) in [6.07, 6.45) is 8.41. The van der Waals surface area contributed by atoms with E-state index in [1.165, 1.54) is 34.2 Å². The van der Waals surface area contributed by atoms with Gasteiger partial charge in [0.25, 0.3) is 0 Å². The first-order valence-corrected chi connectivity index (χ1v) is 13.1. The normalized spacial score (nSPS) is 15.7. The fraction of sp³-hybridized carbons (Fsp3) is 0.321. The molecule has 0 fully saturated rings. The molecule has 6 rings (SSSR count). The molecule has 0 amide bonds. The molecule has 0 bridgehead atoms. The zero-order valence-corrected chi connectivity index (χ0v) is 21.1. The minimum atomic E-state index is 0.761. The topological polar surface area (TPSA) is 58.9 Å². The van der Waals surface area contributed by atoms with Crippen molar-refractivity contribution in [3.05, 3.63) is 77.1 Å². The third kappa shape index (κ3) is 4.54. The maximum atomic E-state index is 4.66. The van der Waals surface area contributed by atoms with Gasteiger partial charge in [0.2, 0.25) is 0 Å². The van der Waals surface area contributed by atoms with E-state index in [4.69, 9.17) is 0 Å². The highest BCUT2D eigenvalue weighted by molar-refractivity contribution is 7.19. The molecule has 3 heterocycles. The molecule has 7 heteroatoms. The van der Waals surface area contributed by atoms with Crippen molar-refractivity contribution in [1.82, 2.24) is 24.6 Å². The molecule has 1 N–H and O–H groups in total. The Morgan fingerprint density at radius 3 is 2.86 bits per heavy atom. The van der Waals surface area contributed by atoms with E-state index in [-0.39, 0.29) is 0 Å². The zero-order valence-electron chi connectivity index (χ0n) is 20.2. The van der Waals surface area contributed by atoms with Crippen LogP contribution >= 0.6 is 11.3 Å². The Balaban J connectivity index is 1.26.